The molecule has 7 nitrogen and oxygen atoms in total. The Labute approximate surface area is 158 Å². The minimum absolute atomic E-state index is 0.0700. The van der Waals surface area contributed by atoms with E-state index < -0.39 is 0 Å². The summed E-state index contributed by atoms with van der Waals surface area (Å²) in [5, 5.41) is 12.7. The van der Waals surface area contributed by atoms with E-state index in [-0.39, 0.29) is 17.9 Å². The third-order valence-electron chi connectivity index (χ3n) is 5.73. The minimum Gasteiger partial charge on any atom is -0.342 e. The summed E-state index contributed by atoms with van der Waals surface area (Å²) in [7, 11) is 0. The molecule has 1 aromatic rings. The largest absolute Gasteiger partial charge is 0.342 e. The molecule has 142 valence electrons. The van der Waals surface area contributed by atoms with Gasteiger partial charge in [0.1, 0.15) is 5.01 Å². The Morgan fingerprint density at radius 1 is 1.04 bits per heavy atom. The van der Waals surface area contributed by atoms with E-state index in [0.29, 0.717) is 30.1 Å². The Morgan fingerprint density at radius 2 is 1.81 bits per heavy atom. The molecule has 8 heteroatoms. The van der Waals surface area contributed by atoms with Crippen molar-refractivity contribution >= 4 is 28.4 Å². The highest BCUT2D eigenvalue weighted by atomic mass is 32.1. The van der Waals surface area contributed by atoms with Crippen LogP contribution in [0.5, 0.6) is 0 Å². The van der Waals surface area contributed by atoms with Crippen LogP contribution in [0.2, 0.25) is 0 Å². The number of amides is 3. The molecule has 3 amide bonds. The minimum atomic E-state index is -0.159. The van der Waals surface area contributed by atoms with Crippen LogP contribution in [0.25, 0.3) is 0 Å². The standard InChI is InChI=1S/C18H27N5O2S/c1-12-6-9-22(10-7-12)16(24)14-3-2-8-23(11-14)18(25)19-17-21-20-15(26-17)13-4-5-13/h12-14H,2-11H2,1H3,(H,19,21,25). The maximum Gasteiger partial charge on any atom is 0.323 e. The van der Waals surface area contributed by atoms with Crippen molar-refractivity contribution in [2.24, 2.45) is 11.8 Å². The predicted octanol–water partition coefficient (Wildman–Crippen LogP) is 2.92. The maximum absolute atomic E-state index is 12.8. The molecule has 1 aromatic heterocycles. The normalized spacial score (nSPS) is 24.6. The zero-order valence-electron chi connectivity index (χ0n) is 15.3. The zero-order chi connectivity index (χ0) is 18.1. The Kier molecular flexibility index (Phi) is 5.11. The van der Waals surface area contributed by atoms with E-state index in [1.807, 2.05) is 4.90 Å². The molecule has 1 aliphatic carbocycles. The van der Waals surface area contributed by atoms with E-state index in [0.717, 1.165) is 43.8 Å². The average Bonchev–Trinajstić information content (AvgIpc) is 3.41. The highest BCUT2D eigenvalue weighted by Gasteiger charge is 2.33. The van der Waals surface area contributed by atoms with Gasteiger partial charge < -0.3 is 9.80 Å². The fraction of sp³-hybridized carbons (Fsp3) is 0.778. The SMILES string of the molecule is CC1CCN(C(=O)C2CCCN(C(=O)Nc3nnc(C4CC4)s3)C2)CC1. The molecule has 3 fully saturated rings. The van der Waals surface area contributed by atoms with E-state index in [1.165, 1.54) is 24.2 Å². The van der Waals surface area contributed by atoms with Crippen molar-refractivity contribution in [3.05, 3.63) is 5.01 Å². The molecule has 0 radical (unpaired) electrons. The van der Waals surface area contributed by atoms with Gasteiger partial charge in [-0.25, -0.2) is 4.79 Å². The Balaban J connectivity index is 1.32. The number of anilines is 1. The second kappa shape index (κ2) is 7.50. The molecule has 3 aliphatic rings. The monoisotopic (exact) mass is 377 g/mol. The third kappa shape index (κ3) is 4.00. The number of nitrogens with zero attached hydrogens (tertiary/aromatic N) is 4. The lowest BCUT2D eigenvalue weighted by Gasteiger charge is -2.37. The van der Waals surface area contributed by atoms with E-state index in [4.69, 9.17) is 0 Å². The molecule has 3 heterocycles. The van der Waals surface area contributed by atoms with Crippen molar-refractivity contribution in [1.29, 1.82) is 0 Å². The number of aromatic nitrogens is 2. The number of likely N-dealkylation sites (tertiary alicyclic amines) is 2. The van der Waals surface area contributed by atoms with E-state index in [2.05, 4.69) is 22.4 Å². The van der Waals surface area contributed by atoms with Gasteiger partial charge in [0, 0.05) is 32.1 Å². The number of carbonyl (C=O) groups excluding carboxylic acids is 2. The van der Waals surface area contributed by atoms with Gasteiger partial charge in [0.25, 0.3) is 0 Å². The first kappa shape index (κ1) is 17.7. The van der Waals surface area contributed by atoms with Crippen molar-refractivity contribution < 1.29 is 9.59 Å². The van der Waals surface area contributed by atoms with Gasteiger partial charge in [0.05, 0.1) is 5.92 Å². The first-order chi connectivity index (χ1) is 12.6. The number of rotatable bonds is 3. The number of carbonyl (C=O) groups is 2. The van der Waals surface area contributed by atoms with Crippen LogP contribution in [0.15, 0.2) is 0 Å². The summed E-state index contributed by atoms with van der Waals surface area (Å²) >= 11 is 1.47. The molecule has 0 aromatic carbocycles. The first-order valence-electron chi connectivity index (χ1n) is 9.78. The van der Waals surface area contributed by atoms with E-state index in [1.54, 1.807) is 4.90 Å². The fourth-order valence-electron chi connectivity index (χ4n) is 3.80. The molecule has 0 bridgehead atoms. The lowest BCUT2D eigenvalue weighted by molar-refractivity contribution is -0.138. The van der Waals surface area contributed by atoms with Crippen LogP contribution in [-0.4, -0.2) is 58.1 Å². The van der Waals surface area contributed by atoms with Crippen LogP contribution in [0.3, 0.4) is 0 Å². The summed E-state index contributed by atoms with van der Waals surface area (Å²) < 4.78 is 0. The van der Waals surface area contributed by atoms with Gasteiger partial charge in [-0.1, -0.05) is 18.3 Å². The van der Waals surface area contributed by atoms with Gasteiger partial charge in [0.15, 0.2) is 0 Å². The van der Waals surface area contributed by atoms with Gasteiger partial charge in [-0.2, -0.15) is 0 Å². The van der Waals surface area contributed by atoms with Crippen molar-refractivity contribution in [2.45, 2.75) is 51.4 Å². The molecule has 1 saturated carbocycles. The number of hydrogen-bond donors (Lipinski definition) is 1. The van der Waals surface area contributed by atoms with Crippen molar-refractivity contribution in [1.82, 2.24) is 20.0 Å². The zero-order valence-corrected chi connectivity index (χ0v) is 16.1. The second-order valence-corrected chi connectivity index (χ2v) is 8.95. The highest BCUT2D eigenvalue weighted by Crippen LogP contribution is 2.42. The van der Waals surface area contributed by atoms with Crippen LogP contribution in [-0.2, 0) is 4.79 Å². The third-order valence-corrected chi connectivity index (χ3v) is 6.74. The summed E-state index contributed by atoms with van der Waals surface area (Å²) in [6.45, 7) is 5.16. The number of hydrogen-bond acceptors (Lipinski definition) is 5. The molecule has 0 spiro atoms. The highest BCUT2D eigenvalue weighted by molar-refractivity contribution is 7.15. The summed E-state index contributed by atoms with van der Waals surface area (Å²) in [6.07, 6.45) is 6.27. The topological polar surface area (TPSA) is 78.4 Å². The molecular weight excluding hydrogens is 350 g/mol. The van der Waals surface area contributed by atoms with Crippen LogP contribution in [0.1, 0.15) is 56.4 Å². The number of nitrogens with one attached hydrogen (secondary N) is 1. The predicted molar refractivity (Wildman–Crippen MR) is 100 cm³/mol. The Hall–Kier alpha value is -1.70. The maximum atomic E-state index is 12.8. The molecule has 2 aliphatic heterocycles. The van der Waals surface area contributed by atoms with Gasteiger partial charge in [-0.05, 0) is 44.4 Å². The lowest BCUT2D eigenvalue weighted by Crippen LogP contribution is -2.49. The molecule has 1 unspecified atom stereocenters. The molecule has 26 heavy (non-hydrogen) atoms. The van der Waals surface area contributed by atoms with Gasteiger partial charge in [-0.3, -0.25) is 10.1 Å². The summed E-state index contributed by atoms with van der Waals surface area (Å²) in [6, 6.07) is -0.159. The van der Waals surface area contributed by atoms with Crippen molar-refractivity contribution in [3.8, 4) is 0 Å². The molecular formula is C18H27N5O2S. The van der Waals surface area contributed by atoms with E-state index in [9.17, 15) is 9.59 Å². The molecule has 1 atom stereocenters. The van der Waals surface area contributed by atoms with Gasteiger partial charge in [0.2, 0.25) is 11.0 Å². The molecule has 1 N–H and O–H groups in total. The van der Waals surface area contributed by atoms with Crippen LogP contribution in [0.4, 0.5) is 9.93 Å². The quantitative estimate of drug-likeness (QED) is 0.878. The van der Waals surface area contributed by atoms with Crippen LogP contribution < -0.4 is 5.32 Å². The number of urea groups is 1. The van der Waals surface area contributed by atoms with Crippen LogP contribution >= 0.6 is 11.3 Å². The van der Waals surface area contributed by atoms with E-state index >= 15 is 0 Å². The smallest absolute Gasteiger partial charge is 0.323 e. The van der Waals surface area contributed by atoms with Crippen LogP contribution in [0, 0.1) is 11.8 Å². The molecule has 2 saturated heterocycles. The number of piperidine rings is 2. The average molecular weight is 378 g/mol. The lowest BCUT2D eigenvalue weighted by atomic mass is 9.94. The summed E-state index contributed by atoms with van der Waals surface area (Å²) in [5.74, 6) is 1.41. The summed E-state index contributed by atoms with van der Waals surface area (Å²) in [4.78, 5) is 29.2. The van der Waals surface area contributed by atoms with Crippen molar-refractivity contribution in [3.63, 3.8) is 0 Å². The van der Waals surface area contributed by atoms with Gasteiger partial charge >= 0.3 is 6.03 Å². The Morgan fingerprint density at radius 3 is 2.54 bits per heavy atom. The first-order valence-corrected chi connectivity index (χ1v) is 10.6. The van der Waals surface area contributed by atoms with Gasteiger partial charge in [-0.15, -0.1) is 10.2 Å². The second-order valence-electron chi connectivity index (χ2n) is 7.94. The summed E-state index contributed by atoms with van der Waals surface area (Å²) in [5.41, 5.74) is 0. The molecule has 4 rings (SSSR count). The fourth-order valence-corrected chi connectivity index (χ4v) is 4.70. The van der Waals surface area contributed by atoms with Crippen molar-refractivity contribution in [2.75, 3.05) is 31.5 Å². The Bertz CT molecular complexity index is 666.